The molecule has 0 amide bonds. The van der Waals surface area contributed by atoms with Crippen molar-refractivity contribution in [3.63, 3.8) is 0 Å². The molecule has 3 aromatic rings. The number of benzene rings is 1. The van der Waals surface area contributed by atoms with Crippen LogP contribution in [0.1, 0.15) is 30.5 Å². The van der Waals surface area contributed by atoms with Gasteiger partial charge in [0.05, 0.1) is 5.97 Å². The monoisotopic (exact) mass is 400 g/mol. The lowest BCUT2D eigenvalue weighted by Gasteiger charge is -2.04. The van der Waals surface area contributed by atoms with E-state index in [0.717, 1.165) is 35.3 Å². The summed E-state index contributed by atoms with van der Waals surface area (Å²) in [6, 6.07) is 11.6. The van der Waals surface area contributed by atoms with Crippen LogP contribution < -0.4 is 5.11 Å². The molecule has 1 N–H and O–H groups in total. The minimum atomic E-state index is -1.30. The standard InChI is InChI=1S/C19H19N3O3S2/c1-3-4-16-20-19(22-21-16)27-15(18(23)24)11-13-7-10-17(25-13)26-14-8-5-12(2)6-9-14/h5-11H,3-4H2,1-2H3,(H,23,24)(H,20,21,22)/p-1/b15-11-. The lowest BCUT2D eigenvalue weighted by Crippen LogP contribution is -2.23. The fourth-order valence-corrected chi connectivity index (χ4v) is 3.70. The maximum absolute atomic E-state index is 11.5. The molecule has 0 unspecified atom stereocenters. The lowest BCUT2D eigenvalue weighted by atomic mass is 10.2. The van der Waals surface area contributed by atoms with Gasteiger partial charge in [0.15, 0.2) is 5.09 Å². The third kappa shape index (κ3) is 5.51. The van der Waals surface area contributed by atoms with Gasteiger partial charge in [-0.1, -0.05) is 36.4 Å². The van der Waals surface area contributed by atoms with Gasteiger partial charge in [-0.25, -0.2) is 4.98 Å². The second-order valence-electron chi connectivity index (χ2n) is 5.78. The van der Waals surface area contributed by atoms with Crippen molar-refractivity contribution in [1.29, 1.82) is 0 Å². The van der Waals surface area contributed by atoms with Gasteiger partial charge in [-0.15, -0.1) is 5.10 Å². The number of carboxylic acid groups (broad SMARTS) is 1. The Morgan fingerprint density at radius 2 is 2.04 bits per heavy atom. The van der Waals surface area contributed by atoms with Crippen LogP contribution >= 0.6 is 23.5 Å². The molecule has 3 rings (SSSR count). The largest absolute Gasteiger partial charge is 0.544 e. The fraction of sp³-hybridized carbons (Fsp3) is 0.211. The van der Waals surface area contributed by atoms with E-state index < -0.39 is 5.97 Å². The number of carbonyl (C=O) groups excluding carboxylic acids is 1. The quantitative estimate of drug-likeness (QED) is 0.455. The van der Waals surface area contributed by atoms with Gasteiger partial charge in [0, 0.05) is 16.2 Å². The number of nitrogens with zero attached hydrogens (tertiary/aromatic N) is 2. The number of nitrogens with one attached hydrogen (secondary N) is 1. The predicted molar refractivity (Wildman–Crippen MR) is 103 cm³/mol. The van der Waals surface area contributed by atoms with Crippen LogP contribution in [0.25, 0.3) is 6.08 Å². The number of aromatic amines is 1. The van der Waals surface area contributed by atoms with Crippen LogP contribution in [0.2, 0.25) is 0 Å². The third-order valence-corrected chi connectivity index (χ3v) is 5.31. The summed E-state index contributed by atoms with van der Waals surface area (Å²) in [6.07, 6.45) is 3.11. The smallest absolute Gasteiger partial charge is 0.213 e. The Labute approximate surface area is 165 Å². The molecule has 1 aromatic carbocycles. The first-order valence-electron chi connectivity index (χ1n) is 8.40. The van der Waals surface area contributed by atoms with Crippen molar-refractivity contribution in [3.8, 4) is 0 Å². The van der Waals surface area contributed by atoms with Crippen LogP contribution in [0, 0.1) is 6.92 Å². The average molecular weight is 401 g/mol. The van der Waals surface area contributed by atoms with E-state index in [1.54, 1.807) is 12.1 Å². The first-order chi connectivity index (χ1) is 13.0. The highest BCUT2D eigenvalue weighted by molar-refractivity contribution is 8.04. The number of hydrogen-bond acceptors (Lipinski definition) is 7. The zero-order chi connectivity index (χ0) is 19.2. The summed E-state index contributed by atoms with van der Waals surface area (Å²) in [5, 5.41) is 19.3. The number of aryl methyl sites for hydroxylation is 2. The summed E-state index contributed by atoms with van der Waals surface area (Å²) in [5.74, 6) is -0.140. The number of H-pyrrole nitrogens is 1. The minimum absolute atomic E-state index is 0.0155. The van der Waals surface area contributed by atoms with Gasteiger partial charge in [0.1, 0.15) is 11.6 Å². The van der Waals surface area contributed by atoms with Crippen LogP contribution in [0.5, 0.6) is 0 Å². The summed E-state index contributed by atoms with van der Waals surface area (Å²) in [7, 11) is 0. The Balaban J connectivity index is 1.72. The van der Waals surface area contributed by atoms with E-state index in [9.17, 15) is 9.90 Å². The number of carbonyl (C=O) groups is 1. The molecule has 0 bridgehead atoms. The molecule has 0 aliphatic rings. The zero-order valence-electron chi connectivity index (χ0n) is 14.9. The molecule has 0 saturated heterocycles. The van der Waals surface area contributed by atoms with E-state index in [2.05, 4.69) is 15.2 Å². The molecule has 0 atom stereocenters. The van der Waals surface area contributed by atoms with Crippen LogP contribution in [0.4, 0.5) is 0 Å². The molecule has 140 valence electrons. The number of hydrogen-bond donors (Lipinski definition) is 1. The van der Waals surface area contributed by atoms with Gasteiger partial charge in [-0.3, -0.25) is 5.10 Å². The van der Waals surface area contributed by atoms with Crippen molar-refractivity contribution in [2.75, 3.05) is 0 Å². The number of furan rings is 1. The van der Waals surface area contributed by atoms with E-state index in [4.69, 9.17) is 4.42 Å². The molecule has 0 spiro atoms. The van der Waals surface area contributed by atoms with Crippen molar-refractivity contribution in [3.05, 3.63) is 58.5 Å². The Morgan fingerprint density at radius 1 is 1.26 bits per heavy atom. The molecule has 2 heterocycles. The molecule has 2 aromatic heterocycles. The number of aromatic nitrogens is 3. The second-order valence-corrected chi connectivity index (χ2v) is 7.87. The SMILES string of the molecule is CCCc1nc(S/C(=C\c2ccc(Sc3ccc(C)cc3)o2)C(=O)[O-])n[nH]1. The molecular formula is C19H18N3O3S2-. The average Bonchev–Trinajstić information content (AvgIpc) is 3.26. The molecule has 6 nitrogen and oxygen atoms in total. The maximum Gasteiger partial charge on any atom is 0.213 e. The van der Waals surface area contributed by atoms with Crippen molar-refractivity contribution in [2.45, 2.75) is 41.8 Å². The van der Waals surface area contributed by atoms with Crippen molar-refractivity contribution in [2.24, 2.45) is 0 Å². The van der Waals surface area contributed by atoms with Gasteiger partial charge in [-0.2, -0.15) is 0 Å². The van der Waals surface area contributed by atoms with Gasteiger partial charge in [0.25, 0.3) is 0 Å². The van der Waals surface area contributed by atoms with Crippen molar-refractivity contribution >= 4 is 35.6 Å². The van der Waals surface area contributed by atoms with E-state index in [1.807, 2.05) is 38.1 Å². The van der Waals surface area contributed by atoms with Crippen LogP contribution in [-0.4, -0.2) is 21.2 Å². The fourth-order valence-electron chi connectivity index (χ4n) is 2.22. The van der Waals surface area contributed by atoms with Gasteiger partial charge < -0.3 is 14.3 Å². The van der Waals surface area contributed by atoms with Gasteiger partial charge >= 0.3 is 0 Å². The molecule has 0 aliphatic heterocycles. The lowest BCUT2D eigenvalue weighted by molar-refractivity contribution is -0.298. The van der Waals surface area contributed by atoms with E-state index in [-0.39, 0.29) is 4.91 Å². The van der Waals surface area contributed by atoms with Crippen LogP contribution in [0.3, 0.4) is 0 Å². The summed E-state index contributed by atoms with van der Waals surface area (Å²) < 4.78 is 5.71. The maximum atomic E-state index is 11.5. The summed E-state index contributed by atoms with van der Waals surface area (Å²) in [4.78, 5) is 16.7. The number of rotatable bonds is 8. The Bertz CT molecular complexity index is 945. The first kappa shape index (κ1) is 19.3. The van der Waals surface area contributed by atoms with Crippen LogP contribution in [-0.2, 0) is 11.2 Å². The summed E-state index contributed by atoms with van der Waals surface area (Å²) in [6.45, 7) is 4.06. The van der Waals surface area contributed by atoms with Crippen molar-refractivity contribution < 1.29 is 14.3 Å². The molecule has 27 heavy (non-hydrogen) atoms. The van der Waals surface area contributed by atoms with Gasteiger partial charge in [0.2, 0.25) is 5.16 Å². The summed E-state index contributed by atoms with van der Waals surface area (Å²) in [5.41, 5.74) is 1.19. The molecule has 0 fully saturated rings. The van der Waals surface area contributed by atoms with E-state index in [0.29, 0.717) is 16.0 Å². The highest BCUT2D eigenvalue weighted by Gasteiger charge is 2.10. The van der Waals surface area contributed by atoms with E-state index >= 15 is 0 Å². The van der Waals surface area contributed by atoms with Crippen LogP contribution in [0.15, 0.2) is 60.9 Å². The topological polar surface area (TPSA) is 94.8 Å². The molecule has 0 aliphatic carbocycles. The highest BCUT2D eigenvalue weighted by Crippen LogP contribution is 2.31. The number of thioether (sulfide) groups is 1. The normalized spacial score (nSPS) is 11.7. The molecular weight excluding hydrogens is 382 g/mol. The number of carboxylic acids is 1. The first-order valence-corrected chi connectivity index (χ1v) is 10.0. The number of aliphatic carboxylic acids is 1. The molecule has 0 saturated carbocycles. The Hall–Kier alpha value is -2.45. The second kappa shape index (κ2) is 8.96. The Kier molecular flexibility index (Phi) is 6.41. The zero-order valence-corrected chi connectivity index (χ0v) is 16.5. The third-order valence-electron chi connectivity index (χ3n) is 3.52. The van der Waals surface area contributed by atoms with E-state index in [1.165, 1.54) is 23.4 Å². The highest BCUT2D eigenvalue weighted by atomic mass is 32.2. The Morgan fingerprint density at radius 3 is 2.74 bits per heavy atom. The van der Waals surface area contributed by atoms with Crippen molar-refractivity contribution in [1.82, 2.24) is 15.2 Å². The van der Waals surface area contributed by atoms with Gasteiger partial charge in [-0.05, 0) is 55.4 Å². The minimum Gasteiger partial charge on any atom is -0.544 e. The molecule has 8 heteroatoms. The summed E-state index contributed by atoms with van der Waals surface area (Å²) >= 11 is 2.40. The molecule has 0 radical (unpaired) electrons. The predicted octanol–water partition coefficient (Wildman–Crippen LogP) is 3.69.